The summed E-state index contributed by atoms with van der Waals surface area (Å²) in [7, 11) is 0. The topological polar surface area (TPSA) is 57.7 Å². The van der Waals surface area contributed by atoms with E-state index in [1.165, 1.54) is 55.5 Å². The van der Waals surface area contributed by atoms with Gasteiger partial charge >= 0.3 is 0 Å². The zero-order valence-electron chi connectivity index (χ0n) is 16.6. The van der Waals surface area contributed by atoms with Crippen LogP contribution in [-0.4, -0.2) is 31.6 Å². The van der Waals surface area contributed by atoms with Gasteiger partial charge in [0, 0.05) is 60.6 Å². The van der Waals surface area contributed by atoms with Crippen LogP contribution in [0.3, 0.4) is 0 Å². The Morgan fingerprint density at radius 2 is 1.90 bits per heavy atom. The average molecular weight is 391 g/mol. The first-order chi connectivity index (χ1) is 14.3. The van der Waals surface area contributed by atoms with E-state index in [1.807, 2.05) is 6.20 Å². The fraction of sp³-hybridized carbons (Fsp3) is 0.435. The molecule has 1 saturated carbocycles. The summed E-state index contributed by atoms with van der Waals surface area (Å²) in [6, 6.07) is 6.55. The first-order valence-corrected chi connectivity index (χ1v) is 10.6. The van der Waals surface area contributed by atoms with E-state index in [9.17, 15) is 4.39 Å². The van der Waals surface area contributed by atoms with E-state index in [4.69, 9.17) is 9.97 Å². The summed E-state index contributed by atoms with van der Waals surface area (Å²) in [5, 5.41) is 7.29. The fourth-order valence-corrected chi connectivity index (χ4v) is 4.62. The van der Waals surface area contributed by atoms with Crippen LogP contribution in [0, 0.1) is 5.82 Å². The normalized spacial score (nSPS) is 18.0. The minimum atomic E-state index is -0.227. The van der Waals surface area contributed by atoms with Gasteiger partial charge in [-0.25, -0.2) is 14.4 Å². The van der Waals surface area contributed by atoms with Crippen molar-refractivity contribution in [1.82, 2.24) is 25.1 Å². The smallest absolute Gasteiger partial charge is 0.131 e. The quantitative estimate of drug-likeness (QED) is 0.705. The highest BCUT2D eigenvalue weighted by molar-refractivity contribution is 5.62. The summed E-state index contributed by atoms with van der Waals surface area (Å²) in [6.07, 6.45) is 11.3. The Bertz CT molecular complexity index is 975. The molecule has 1 aliphatic carbocycles. The zero-order chi connectivity index (χ0) is 19.6. The highest BCUT2D eigenvalue weighted by atomic mass is 19.1. The molecular weight excluding hydrogens is 365 g/mol. The Balaban J connectivity index is 1.30. The number of nitrogens with one attached hydrogen (secondary N) is 1. The number of H-pyrrole nitrogens is 1. The van der Waals surface area contributed by atoms with Crippen LogP contribution in [0.4, 0.5) is 4.39 Å². The molecular formula is C23H26FN5. The van der Waals surface area contributed by atoms with E-state index in [0.29, 0.717) is 5.92 Å². The molecule has 0 amide bonds. The molecule has 3 heterocycles. The van der Waals surface area contributed by atoms with Crippen molar-refractivity contribution in [2.75, 3.05) is 6.54 Å². The molecule has 6 heteroatoms. The number of halogens is 1. The van der Waals surface area contributed by atoms with Gasteiger partial charge in [-0.3, -0.25) is 10.00 Å². The van der Waals surface area contributed by atoms with Crippen molar-refractivity contribution in [2.24, 2.45) is 0 Å². The predicted octanol–water partition coefficient (Wildman–Crippen LogP) is 4.61. The van der Waals surface area contributed by atoms with Crippen LogP contribution < -0.4 is 0 Å². The molecule has 1 aromatic carbocycles. The van der Waals surface area contributed by atoms with Crippen LogP contribution in [0.25, 0.3) is 11.3 Å². The molecule has 0 saturated heterocycles. The monoisotopic (exact) mass is 391 g/mol. The highest BCUT2D eigenvalue weighted by Gasteiger charge is 2.23. The van der Waals surface area contributed by atoms with Gasteiger partial charge in [-0.05, 0) is 37.1 Å². The number of hydrogen-bond acceptors (Lipinski definition) is 4. The lowest BCUT2D eigenvalue weighted by Gasteiger charge is -2.29. The minimum absolute atomic E-state index is 0.227. The van der Waals surface area contributed by atoms with Crippen LogP contribution in [0.15, 0.2) is 36.7 Å². The van der Waals surface area contributed by atoms with Gasteiger partial charge in [0.25, 0.3) is 0 Å². The van der Waals surface area contributed by atoms with E-state index in [2.05, 4.69) is 21.3 Å². The molecule has 29 heavy (non-hydrogen) atoms. The summed E-state index contributed by atoms with van der Waals surface area (Å²) in [4.78, 5) is 12.1. The molecule has 0 radical (unpaired) electrons. The Morgan fingerprint density at radius 3 is 2.72 bits per heavy atom. The van der Waals surface area contributed by atoms with Crippen LogP contribution in [0.1, 0.15) is 60.7 Å². The molecule has 0 spiro atoms. The maximum atomic E-state index is 13.2. The second kappa shape index (κ2) is 8.03. The van der Waals surface area contributed by atoms with Crippen molar-refractivity contribution in [3.8, 4) is 11.3 Å². The molecule has 2 aliphatic rings. The molecule has 2 aromatic heterocycles. The summed E-state index contributed by atoms with van der Waals surface area (Å²) >= 11 is 0. The number of aromatic amines is 1. The number of aromatic nitrogens is 4. The Morgan fingerprint density at radius 1 is 1.07 bits per heavy atom. The molecule has 3 aromatic rings. The van der Waals surface area contributed by atoms with Crippen LogP contribution in [-0.2, 0) is 19.5 Å². The fourth-order valence-electron chi connectivity index (χ4n) is 4.62. The lowest BCUT2D eigenvalue weighted by atomic mass is 9.88. The van der Waals surface area contributed by atoms with Crippen molar-refractivity contribution in [3.63, 3.8) is 0 Å². The maximum absolute atomic E-state index is 13.2. The second-order valence-electron chi connectivity index (χ2n) is 8.27. The van der Waals surface area contributed by atoms with Gasteiger partial charge in [-0.15, -0.1) is 0 Å². The SMILES string of the molecule is Fc1ccc(-c2[nH]ncc2CN2CCc3nc(C4CCCCC4)ncc3C2)cc1. The van der Waals surface area contributed by atoms with Gasteiger partial charge in [0.2, 0.25) is 0 Å². The molecule has 150 valence electrons. The lowest BCUT2D eigenvalue weighted by Crippen LogP contribution is -2.31. The maximum Gasteiger partial charge on any atom is 0.131 e. The Hall–Kier alpha value is -2.60. The lowest BCUT2D eigenvalue weighted by molar-refractivity contribution is 0.242. The van der Waals surface area contributed by atoms with Gasteiger partial charge in [0.15, 0.2) is 0 Å². The second-order valence-corrected chi connectivity index (χ2v) is 8.27. The van der Waals surface area contributed by atoms with Crippen molar-refractivity contribution in [2.45, 2.75) is 57.5 Å². The molecule has 5 nitrogen and oxygen atoms in total. The summed E-state index contributed by atoms with van der Waals surface area (Å²) in [5.41, 5.74) is 5.50. The van der Waals surface area contributed by atoms with Crippen LogP contribution in [0.5, 0.6) is 0 Å². The number of fused-ring (bicyclic) bond motifs is 1. The number of nitrogens with zero attached hydrogens (tertiary/aromatic N) is 4. The largest absolute Gasteiger partial charge is 0.294 e. The third kappa shape index (κ3) is 3.94. The summed E-state index contributed by atoms with van der Waals surface area (Å²) in [6.45, 7) is 2.63. The standard InChI is InChI=1S/C23H26FN5/c24-20-8-6-16(7-9-20)22-19(13-26-28-22)15-29-11-10-21-18(14-29)12-25-23(27-21)17-4-2-1-3-5-17/h6-9,12-13,17H,1-5,10-11,14-15H2,(H,26,28). The predicted molar refractivity (Wildman–Crippen MR) is 110 cm³/mol. The number of hydrogen-bond donors (Lipinski definition) is 1. The van der Waals surface area contributed by atoms with E-state index in [1.54, 1.807) is 12.1 Å². The van der Waals surface area contributed by atoms with E-state index in [-0.39, 0.29) is 5.82 Å². The Labute approximate surface area is 170 Å². The molecule has 1 N–H and O–H groups in total. The first-order valence-electron chi connectivity index (χ1n) is 10.6. The molecule has 0 bridgehead atoms. The average Bonchev–Trinajstić information content (AvgIpc) is 3.22. The number of rotatable bonds is 4. The van der Waals surface area contributed by atoms with Crippen molar-refractivity contribution in [3.05, 3.63) is 65.1 Å². The first kappa shape index (κ1) is 18.4. The molecule has 5 rings (SSSR count). The van der Waals surface area contributed by atoms with Gasteiger partial charge in [0.1, 0.15) is 11.6 Å². The summed E-state index contributed by atoms with van der Waals surface area (Å²) < 4.78 is 13.2. The van der Waals surface area contributed by atoms with E-state index >= 15 is 0 Å². The van der Waals surface area contributed by atoms with Crippen molar-refractivity contribution in [1.29, 1.82) is 0 Å². The van der Waals surface area contributed by atoms with Crippen LogP contribution in [0.2, 0.25) is 0 Å². The Kier molecular flexibility index (Phi) is 5.10. The van der Waals surface area contributed by atoms with Gasteiger partial charge < -0.3 is 0 Å². The molecule has 0 atom stereocenters. The van der Waals surface area contributed by atoms with Crippen molar-refractivity contribution < 1.29 is 4.39 Å². The third-order valence-corrected chi connectivity index (χ3v) is 6.25. The minimum Gasteiger partial charge on any atom is -0.294 e. The van der Waals surface area contributed by atoms with E-state index < -0.39 is 0 Å². The van der Waals surface area contributed by atoms with Gasteiger partial charge in [-0.1, -0.05) is 19.3 Å². The van der Waals surface area contributed by atoms with Crippen molar-refractivity contribution >= 4 is 0 Å². The van der Waals surface area contributed by atoms with Gasteiger partial charge in [-0.2, -0.15) is 5.10 Å². The summed E-state index contributed by atoms with van der Waals surface area (Å²) in [5.74, 6) is 1.39. The van der Waals surface area contributed by atoms with Crippen LogP contribution >= 0.6 is 0 Å². The molecule has 1 aliphatic heterocycles. The highest BCUT2D eigenvalue weighted by Crippen LogP contribution is 2.31. The van der Waals surface area contributed by atoms with E-state index in [0.717, 1.165) is 48.7 Å². The van der Waals surface area contributed by atoms with Gasteiger partial charge in [0.05, 0.1) is 11.9 Å². The third-order valence-electron chi connectivity index (χ3n) is 6.25. The molecule has 0 unspecified atom stereocenters. The number of benzene rings is 1. The molecule has 1 fully saturated rings. The zero-order valence-corrected chi connectivity index (χ0v) is 16.6.